The van der Waals surface area contributed by atoms with Crippen molar-refractivity contribution >= 4 is 58.8 Å². The first kappa shape index (κ1) is 30.8. The minimum Gasteiger partial charge on any atom is -0.299 e. The van der Waals surface area contributed by atoms with Crippen molar-refractivity contribution in [2.24, 2.45) is 0 Å². The van der Waals surface area contributed by atoms with E-state index in [-0.39, 0.29) is 0 Å². The van der Waals surface area contributed by atoms with Crippen LogP contribution in [-0.4, -0.2) is 9.38 Å². The van der Waals surface area contributed by atoms with E-state index in [0.29, 0.717) is 0 Å². The second-order valence-corrected chi connectivity index (χ2v) is 15.0. The number of hydrogen-bond acceptors (Lipinski definition) is 2. The van der Waals surface area contributed by atoms with E-state index in [1.165, 1.54) is 86.6 Å². The molecular weight excluding hydrogens is 673 g/mol. The van der Waals surface area contributed by atoms with E-state index in [0.717, 1.165) is 16.6 Å². The minimum absolute atomic E-state index is 0.991. The fraction of sp³-hybridized carbons (Fsp3) is 0. The van der Waals surface area contributed by atoms with Crippen LogP contribution in [0.15, 0.2) is 194 Å². The van der Waals surface area contributed by atoms with Gasteiger partial charge in [0, 0.05) is 54.5 Å². The number of pyridine rings is 1. The smallest absolute Gasteiger partial charge is 0.145 e. The lowest BCUT2D eigenvalue weighted by atomic mass is 9.92. The Balaban J connectivity index is 1.16. The van der Waals surface area contributed by atoms with E-state index in [1.54, 1.807) is 0 Å². The Morgan fingerprint density at radius 2 is 0.870 bits per heavy atom. The highest BCUT2D eigenvalue weighted by atomic mass is 32.1. The maximum atomic E-state index is 4.70. The first-order valence-electron chi connectivity index (χ1n) is 18.4. The second kappa shape index (κ2) is 12.4. The predicted molar refractivity (Wildman–Crippen MR) is 230 cm³/mol. The zero-order valence-corrected chi connectivity index (χ0v) is 30.1. The van der Waals surface area contributed by atoms with Gasteiger partial charge in [-0.25, -0.2) is 4.98 Å². The van der Waals surface area contributed by atoms with Gasteiger partial charge in [-0.05, 0) is 92.4 Å². The lowest BCUT2D eigenvalue weighted by molar-refractivity contribution is 1.27. The first-order valence-corrected chi connectivity index (χ1v) is 19.2. The van der Waals surface area contributed by atoms with Gasteiger partial charge in [0.25, 0.3) is 0 Å². The average Bonchev–Trinajstić information content (AvgIpc) is 3.90. The number of rotatable bonds is 5. The van der Waals surface area contributed by atoms with Crippen LogP contribution in [0.5, 0.6) is 0 Å². The van der Waals surface area contributed by atoms with E-state index in [4.69, 9.17) is 4.98 Å². The number of fused-ring (bicyclic) bond motifs is 9. The number of imidazole rings is 1. The van der Waals surface area contributed by atoms with E-state index < -0.39 is 0 Å². The maximum Gasteiger partial charge on any atom is 0.145 e. The van der Waals surface area contributed by atoms with Crippen LogP contribution >= 0.6 is 11.3 Å². The molecule has 0 atom stereocenters. The summed E-state index contributed by atoms with van der Waals surface area (Å²) < 4.78 is 4.82. The van der Waals surface area contributed by atoms with Crippen molar-refractivity contribution in [2.45, 2.75) is 0 Å². The van der Waals surface area contributed by atoms with Crippen molar-refractivity contribution in [2.75, 3.05) is 0 Å². The summed E-state index contributed by atoms with van der Waals surface area (Å²) in [6.45, 7) is 0. The molecule has 0 bridgehead atoms. The molecule has 0 aliphatic carbocycles. The van der Waals surface area contributed by atoms with Gasteiger partial charge < -0.3 is 0 Å². The Labute approximate surface area is 316 Å². The van der Waals surface area contributed by atoms with E-state index in [9.17, 15) is 0 Å². The van der Waals surface area contributed by atoms with Crippen LogP contribution in [0, 0.1) is 0 Å². The monoisotopic (exact) mass is 704 g/mol. The van der Waals surface area contributed by atoms with Gasteiger partial charge in [0.05, 0.1) is 5.52 Å². The van der Waals surface area contributed by atoms with Crippen LogP contribution in [0.4, 0.5) is 0 Å². The molecule has 2 nitrogen and oxygen atoms in total. The molecule has 0 saturated heterocycles. The summed E-state index contributed by atoms with van der Waals surface area (Å²) in [6, 6.07) is 66.6. The van der Waals surface area contributed by atoms with Gasteiger partial charge in [-0.1, -0.05) is 140 Å². The molecule has 3 heteroatoms. The zero-order valence-electron chi connectivity index (χ0n) is 29.3. The van der Waals surface area contributed by atoms with Crippen molar-refractivity contribution < 1.29 is 0 Å². The number of benzene rings is 8. The van der Waals surface area contributed by atoms with Crippen molar-refractivity contribution in [3.63, 3.8) is 0 Å². The molecular formula is C51H32N2S. The summed E-state index contributed by atoms with van der Waals surface area (Å²) in [7, 11) is 0. The lowest BCUT2D eigenvalue weighted by Crippen LogP contribution is -1.91. The van der Waals surface area contributed by atoms with Gasteiger partial charge in [-0.3, -0.25) is 4.40 Å². The third-order valence-electron chi connectivity index (χ3n) is 10.8. The minimum atomic E-state index is 0.991. The van der Waals surface area contributed by atoms with Gasteiger partial charge in [0.1, 0.15) is 5.65 Å². The standard InChI is InChI=1S/C51H32N2S/c1-4-13-33(14-5-1)39-29-43(35-17-8-3-9-18-35)49-46(31-39)47-32-40(34-15-6-2-7-16-34)30-44(50(47)54-49)38-20-12-19-36(27-38)37-23-24-48-45(28-37)41-21-10-11-22-42(41)51-52-25-26-53(48)51/h1-32H. The summed E-state index contributed by atoms with van der Waals surface area (Å²) in [5, 5.41) is 6.18. The molecule has 11 aromatic rings. The molecule has 0 fully saturated rings. The van der Waals surface area contributed by atoms with Gasteiger partial charge >= 0.3 is 0 Å². The van der Waals surface area contributed by atoms with Crippen molar-refractivity contribution in [3.05, 3.63) is 194 Å². The molecule has 0 spiro atoms. The quantitative estimate of drug-likeness (QED) is 0.163. The Morgan fingerprint density at radius 3 is 1.54 bits per heavy atom. The van der Waals surface area contributed by atoms with Crippen molar-refractivity contribution in [1.29, 1.82) is 0 Å². The van der Waals surface area contributed by atoms with Crippen LogP contribution in [0.1, 0.15) is 0 Å². The molecule has 3 heterocycles. The summed E-state index contributed by atoms with van der Waals surface area (Å²) in [5.41, 5.74) is 14.4. The van der Waals surface area contributed by atoms with Gasteiger partial charge in [-0.2, -0.15) is 0 Å². The summed E-state index contributed by atoms with van der Waals surface area (Å²) in [5.74, 6) is 0. The SMILES string of the molecule is c1ccc(-c2cc(-c3ccccc3)c3sc4c(-c5cccc(-c6ccc7c(c6)c6ccccc6c6nccn76)c5)cc(-c5ccccc5)cc4c3c2)cc1. The van der Waals surface area contributed by atoms with E-state index in [2.05, 4.69) is 193 Å². The third kappa shape index (κ3) is 4.97. The number of aromatic nitrogens is 2. The van der Waals surface area contributed by atoms with Crippen LogP contribution in [-0.2, 0) is 0 Å². The normalized spacial score (nSPS) is 11.7. The fourth-order valence-corrected chi connectivity index (χ4v) is 9.57. The molecule has 0 aliphatic rings. The lowest BCUT2D eigenvalue weighted by Gasteiger charge is -2.12. The van der Waals surface area contributed by atoms with E-state index in [1.807, 2.05) is 17.5 Å². The van der Waals surface area contributed by atoms with Crippen LogP contribution in [0.2, 0.25) is 0 Å². The molecule has 0 N–H and O–H groups in total. The second-order valence-electron chi connectivity index (χ2n) is 14.0. The highest BCUT2D eigenvalue weighted by Crippen LogP contribution is 2.48. The van der Waals surface area contributed by atoms with Crippen molar-refractivity contribution in [3.8, 4) is 55.6 Å². The highest BCUT2D eigenvalue weighted by molar-refractivity contribution is 7.27. The summed E-state index contributed by atoms with van der Waals surface area (Å²) >= 11 is 1.91. The van der Waals surface area contributed by atoms with Crippen LogP contribution in [0.25, 0.3) is 103 Å². The molecule has 0 unspecified atom stereocenters. The number of thiophene rings is 1. The van der Waals surface area contributed by atoms with E-state index >= 15 is 0 Å². The fourth-order valence-electron chi connectivity index (χ4n) is 8.24. The van der Waals surface area contributed by atoms with Gasteiger partial charge in [-0.15, -0.1) is 11.3 Å². The third-order valence-corrected chi connectivity index (χ3v) is 12.1. The van der Waals surface area contributed by atoms with Crippen molar-refractivity contribution in [1.82, 2.24) is 9.38 Å². The van der Waals surface area contributed by atoms with Crippen LogP contribution < -0.4 is 0 Å². The summed E-state index contributed by atoms with van der Waals surface area (Å²) in [4.78, 5) is 4.70. The molecule has 11 rings (SSSR count). The number of hydrogen-bond donors (Lipinski definition) is 0. The number of nitrogens with zero attached hydrogens (tertiary/aromatic N) is 2. The van der Waals surface area contributed by atoms with Gasteiger partial charge in [0.2, 0.25) is 0 Å². The topological polar surface area (TPSA) is 17.3 Å². The largest absolute Gasteiger partial charge is 0.299 e. The van der Waals surface area contributed by atoms with Crippen LogP contribution in [0.3, 0.4) is 0 Å². The average molecular weight is 705 g/mol. The maximum absolute atomic E-state index is 4.70. The molecule has 3 aromatic heterocycles. The zero-order chi connectivity index (χ0) is 35.6. The molecule has 0 radical (unpaired) electrons. The Kier molecular flexibility index (Phi) is 7.07. The van der Waals surface area contributed by atoms with Gasteiger partial charge in [0.15, 0.2) is 0 Å². The first-order chi connectivity index (χ1) is 26.8. The Hall–Kier alpha value is -6.81. The molecule has 0 amide bonds. The summed E-state index contributed by atoms with van der Waals surface area (Å²) in [6.07, 6.45) is 3.95. The predicted octanol–water partition coefficient (Wildman–Crippen LogP) is 14.3. The Bertz CT molecular complexity index is 3190. The highest BCUT2D eigenvalue weighted by Gasteiger charge is 2.19. The molecule has 0 saturated carbocycles. The molecule has 0 aliphatic heterocycles. The molecule has 54 heavy (non-hydrogen) atoms. The molecule has 252 valence electrons. The Morgan fingerprint density at radius 1 is 0.352 bits per heavy atom. The molecule has 8 aromatic carbocycles.